The number of hydrogen-bond donors (Lipinski definition) is 2. The van der Waals surface area contributed by atoms with Crippen molar-refractivity contribution >= 4 is 0 Å². The molecule has 0 spiro atoms. The molecular formula is C11H17NO. The van der Waals surface area contributed by atoms with Gasteiger partial charge in [-0.3, -0.25) is 0 Å². The smallest absolute Gasteiger partial charge is 0.0938 e. The molecule has 0 bridgehead atoms. The molecule has 0 aliphatic carbocycles. The molecular weight excluding hydrogens is 162 g/mol. The van der Waals surface area contributed by atoms with E-state index in [1.165, 1.54) is 5.56 Å². The van der Waals surface area contributed by atoms with Crippen molar-refractivity contribution in [2.75, 3.05) is 0 Å². The summed E-state index contributed by atoms with van der Waals surface area (Å²) in [7, 11) is 0. The van der Waals surface area contributed by atoms with Gasteiger partial charge < -0.3 is 10.8 Å². The van der Waals surface area contributed by atoms with Crippen molar-refractivity contribution < 1.29 is 5.11 Å². The lowest BCUT2D eigenvalue weighted by Crippen LogP contribution is -2.24. The predicted octanol–water partition coefficient (Wildman–Crippen LogP) is 1.63. The Morgan fingerprint density at radius 2 is 1.85 bits per heavy atom. The van der Waals surface area contributed by atoms with E-state index in [4.69, 9.17) is 5.73 Å². The van der Waals surface area contributed by atoms with Gasteiger partial charge in [0.1, 0.15) is 0 Å². The maximum atomic E-state index is 9.64. The van der Waals surface area contributed by atoms with Crippen molar-refractivity contribution in [2.45, 2.75) is 32.4 Å². The van der Waals surface area contributed by atoms with Crippen LogP contribution >= 0.6 is 0 Å². The fraction of sp³-hybridized carbons (Fsp3) is 0.455. The molecule has 0 amide bonds. The van der Waals surface area contributed by atoms with E-state index in [2.05, 4.69) is 6.92 Å². The summed E-state index contributed by atoms with van der Waals surface area (Å²) in [6.07, 6.45) is 0.472. The summed E-state index contributed by atoms with van der Waals surface area (Å²) in [5.41, 5.74) is 7.76. The Hall–Kier alpha value is -0.860. The number of rotatable bonds is 3. The molecule has 1 aromatic rings. The van der Waals surface area contributed by atoms with E-state index in [1.807, 2.05) is 24.3 Å². The summed E-state index contributed by atoms with van der Waals surface area (Å²) in [5, 5.41) is 9.64. The van der Waals surface area contributed by atoms with E-state index in [1.54, 1.807) is 6.92 Å². The highest BCUT2D eigenvalue weighted by Gasteiger charge is 2.11. The van der Waals surface area contributed by atoms with Gasteiger partial charge in [0.15, 0.2) is 0 Å². The van der Waals surface area contributed by atoms with Gasteiger partial charge in [-0.15, -0.1) is 0 Å². The Kier molecular flexibility index (Phi) is 3.46. The molecule has 2 heteroatoms. The topological polar surface area (TPSA) is 46.2 Å². The Balaban J connectivity index is 2.79. The zero-order chi connectivity index (χ0) is 9.84. The van der Waals surface area contributed by atoms with Crippen LogP contribution in [0.15, 0.2) is 24.3 Å². The Labute approximate surface area is 79.4 Å². The molecule has 0 saturated carbocycles. The van der Waals surface area contributed by atoms with Crippen LogP contribution in [0.2, 0.25) is 0 Å². The van der Waals surface area contributed by atoms with Crippen LogP contribution in [0.25, 0.3) is 0 Å². The van der Waals surface area contributed by atoms with Crippen LogP contribution in [0.3, 0.4) is 0 Å². The third-order valence-corrected chi connectivity index (χ3v) is 2.23. The number of aliphatic hydroxyl groups is 1. The monoisotopic (exact) mass is 179 g/mol. The highest BCUT2D eigenvalue weighted by molar-refractivity contribution is 5.24. The summed E-state index contributed by atoms with van der Waals surface area (Å²) in [4.78, 5) is 0. The van der Waals surface area contributed by atoms with E-state index in [0.29, 0.717) is 0 Å². The van der Waals surface area contributed by atoms with Gasteiger partial charge in [-0.2, -0.15) is 0 Å². The lowest BCUT2D eigenvalue weighted by atomic mass is 10.0. The number of benzene rings is 1. The van der Waals surface area contributed by atoms with Crippen LogP contribution in [0.5, 0.6) is 0 Å². The molecule has 0 aromatic heterocycles. The fourth-order valence-electron chi connectivity index (χ4n) is 1.25. The van der Waals surface area contributed by atoms with Crippen LogP contribution in [0.4, 0.5) is 0 Å². The molecule has 72 valence electrons. The summed E-state index contributed by atoms with van der Waals surface area (Å²) < 4.78 is 0. The zero-order valence-electron chi connectivity index (χ0n) is 8.20. The molecule has 1 aromatic carbocycles. The van der Waals surface area contributed by atoms with Crippen molar-refractivity contribution in [3.63, 3.8) is 0 Å². The van der Waals surface area contributed by atoms with Gasteiger partial charge >= 0.3 is 0 Å². The van der Waals surface area contributed by atoms with Crippen molar-refractivity contribution in [3.8, 4) is 0 Å². The van der Waals surface area contributed by atoms with Crippen LogP contribution in [0, 0.1) is 0 Å². The quantitative estimate of drug-likeness (QED) is 0.740. The minimum Gasteiger partial charge on any atom is -0.387 e. The average molecular weight is 179 g/mol. The summed E-state index contributed by atoms with van der Waals surface area (Å²) in [6, 6.07) is 7.72. The van der Waals surface area contributed by atoms with Gasteiger partial charge in [-0.1, -0.05) is 31.2 Å². The van der Waals surface area contributed by atoms with Gasteiger partial charge in [0.2, 0.25) is 0 Å². The first kappa shape index (κ1) is 10.2. The fourth-order valence-corrected chi connectivity index (χ4v) is 1.25. The first-order chi connectivity index (χ1) is 6.15. The Morgan fingerprint density at radius 1 is 1.31 bits per heavy atom. The second-order valence-corrected chi connectivity index (χ2v) is 3.40. The SMILES string of the molecule is CCc1ccc([C@@H](O)[C@H](C)N)cc1. The number of nitrogens with two attached hydrogens (primary N) is 1. The molecule has 3 N–H and O–H groups in total. The highest BCUT2D eigenvalue weighted by atomic mass is 16.3. The molecule has 2 nitrogen and oxygen atoms in total. The molecule has 13 heavy (non-hydrogen) atoms. The first-order valence-corrected chi connectivity index (χ1v) is 4.67. The molecule has 0 radical (unpaired) electrons. The summed E-state index contributed by atoms with van der Waals surface area (Å²) in [6.45, 7) is 3.91. The molecule has 0 unspecified atom stereocenters. The third kappa shape index (κ3) is 2.54. The molecule has 0 aliphatic heterocycles. The van der Waals surface area contributed by atoms with Crippen LogP contribution < -0.4 is 5.73 Å². The first-order valence-electron chi connectivity index (χ1n) is 4.67. The molecule has 0 fully saturated rings. The van der Waals surface area contributed by atoms with E-state index in [0.717, 1.165) is 12.0 Å². The van der Waals surface area contributed by atoms with E-state index < -0.39 is 6.10 Å². The van der Waals surface area contributed by atoms with Gasteiger partial charge in [0.25, 0.3) is 0 Å². The molecule has 0 heterocycles. The normalized spacial score (nSPS) is 15.4. The van der Waals surface area contributed by atoms with Gasteiger partial charge in [0.05, 0.1) is 6.10 Å². The number of hydrogen-bond acceptors (Lipinski definition) is 2. The number of aliphatic hydroxyl groups excluding tert-OH is 1. The second kappa shape index (κ2) is 4.40. The van der Waals surface area contributed by atoms with Gasteiger partial charge in [-0.05, 0) is 24.5 Å². The molecule has 1 rings (SSSR count). The standard InChI is InChI=1S/C11H17NO/c1-3-9-4-6-10(7-5-9)11(13)8(2)12/h4-8,11,13H,3,12H2,1-2H3/t8-,11-/m0/s1. The van der Waals surface area contributed by atoms with Crippen LogP contribution in [-0.4, -0.2) is 11.1 Å². The molecule has 0 aliphatic rings. The Morgan fingerprint density at radius 3 is 2.23 bits per heavy atom. The largest absolute Gasteiger partial charge is 0.387 e. The maximum Gasteiger partial charge on any atom is 0.0938 e. The third-order valence-electron chi connectivity index (χ3n) is 2.23. The lowest BCUT2D eigenvalue weighted by molar-refractivity contribution is 0.153. The summed E-state index contributed by atoms with van der Waals surface area (Å²) in [5.74, 6) is 0. The molecule has 0 saturated heterocycles. The molecule has 2 atom stereocenters. The van der Waals surface area contributed by atoms with Crippen molar-refractivity contribution in [2.24, 2.45) is 5.73 Å². The number of aryl methyl sites for hydroxylation is 1. The van der Waals surface area contributed by atoms with Gasteiger partial charge in [-0.25, -0.2) is 0 Å². The second-order valence-electron chi connectivity index (χ2n) is 3.40. The van der Waals surface area contributed by atoms with Gasteiger partial charge in [0, 0.05) is 6.04 Å². The average Bonchev–Trinajstić information content (AvgIpc) is 2.17. The minimum absolute atomic E-state index is 0.215. The summed E-state index contributed by atoms with van der Waals surface area (Å²) >= 11 is 0. The minimum atomic E-state index is -0.550. The Bertz CT molecular complexity index is 253. The van der Waals surface area contributed by atoms with Crippen molar-refractivity contribution in [3.05, 3.63) is 35.4 Å². The van der Waals surface area contributed by atoms with Crippen LogP contribution in [0.1, 0.15) is 31.1 Å². The van der Waals surface area contributed by atoms with E-state index in [9.17, 15) is 5.11 Å². The predicted molar refractivity (Wildman–Crippen MR) is 54.4 cm³/mol. The highest BCUT2D eigenvalue weighted by Crippen LogP contribution is 2.16. The maximum absolute atomic E-state index is 9.64. The van der Waals surface area contributed by atoms with Crippen molar-refractivity contribution in [1.82, 2.24) is 0 Å². The van der Waals surface area contributed by atoms with E-state index >= 15 is 0 Å². The van der Waals surface area contributed by atoms with Crippen LogP contribution in [-0.2, 0) is 6.42 Å². The van der Waals surface area contributed by atoms with E-state index in [-0.39, 0.29) is 6.04 Å². The lowest BCUT2D eigenvalue weighted by Gasteiger charge is -2.14. The zero-order valence-corrected chi connectivity index (χ0v) is 8.20. The van der Waals surface area contributed by atoms with Crippen molar-refractivity contribution in [1.29, 1.82) is 0 Å².